The highest BCUT2D eigenvalue weighted by molar-refractivity contribution is 5.33. The average Bonchev–Trinajstić information content (AvgIpc) is 2.93. The van der Waals surface area contributed by atoms with Crippen LogP contribution in [0.1, 0.15) is 31.2 Å². The first-order chi connectivity index (χ1) is 9.75. The van der Waals surface area contributed by atoms with E-state index in [0.717, 1.165) is 18.4 Å². The van der Waals surface area contributed by atoms with Gasteiger partial charge in [-0.2, -0.15) is 8.78 Å². The van der Waals surface area contributed by atoms with Crippen molar-refractivity contribution in [3.8, 4) is 5.75 Å². The van der Waals surface area contributed by atoms with Gasteiger partial charge in [-0.1, -0.05) is 31.0 Å². The quantitative estimate of drug-likeness (QED) is 0.743. The van der Waals surface area contributed by atoms with Gasteiger partial charge in [0.25, 0.3) is 0 Å². The number of alkyl halides is 2. The maximum Gasteiger partial charge on any atom is 0.387 e. The second kappa shape index (κ2) is 8.17. The molecule has 20 heavy (non-hydrogen) atoms. The molecule has 3 nitrogen and oxygen atoms in total. The smallest absolute Gasteiger partial charge is 0.387 e. The molecule has 1 aliphatic rings. The van der Waals surface area contributed by atoms with Gasteiger partial charge in [-0.25, -0.2) is 0 Å². The fraction of sp³-hybridized carbons (Fsp3) is 0.600. The Morgan fingerprint density at radius 1 is 1.20 bits per heavy atom. The Bertz CT molecular complexity index is 395. The van der Waals surface area contributed by atoms with E-state index in [2.05, 4.69) is 10.1 Å². The van der Waals surface area contributed by atoms with Gasteiger partial charge in [-0.3, -0.25) is 0 Å². The van der Waals surface area contributed by atoms with Crippen molar-refractivity contribution >= 4 is 0 Å². The lowest BCUT2D eigenvalue weighted by molar-refractivity contribution is -0.0505. The molecule has 0 heterocycles. The zero-order valence-corrected chi connectivity index (χ0v) is 11.5. The van der Waals surface area contributed by atoms with Crippen LogP contribution in [-0.2, 0) is 11.3 Å². The minimum absolute atomic E-state index is 0.228. The van der Waals surface area contributed by atoms with E-state index in [9.17, 15) is 8.78 Å². The van der Waals surface area contributed by atoms with Crippen LogP contribution in [0.5, 0.6) is 5.75 Å². The lowest BCUT2D eigenvalue weighted by Gasteiger charge is -2.13. The maximum atomic E-state index is 12.3. The lowest BCUT2D eigenvalue weighted by Crippen LogP contribution is -2.22. The average molecular weight is 285 g/mol. The largest absolute Gasteiger partial charge is 0.434 e. The van der Waals surface area contributed by atoms with Gasteiger partial charge in [0.05, 0.1) is 12.7 Å². The van der Waals surface area contributed by atoms with Crippen LogP contribution >= 0.6 is 0 Å². The van der Waals surface area contributed by atoms with Gasteiger partial charge in [-0.05, 0) is 18.9 Å². The monoisotopic (exact) mass is 285 g/mol. The Labute approximate surface area is 118 Å². The fourth-order valence-corrected chi connectivity index (χ4v) is 2.44. The summed E-state index contributed by atoms with van der Waals surface area (Å²) >= 11 is 0. The second-order valence-corrected chi connectivity index (χ2v) is 4.94. The van der Waals surface area contributed by atoms with Crippen molar-refractivity contribution in [3.05, 3.63) is 29.8 Å². The first kappa shape index (κ1) is 15.2. The number of ether oxygens (including phenoxy) is 2. The number of halogens is 2. The molecule has 0 unspecified atom stereocenters. The van der Waals surface area contributed by atoms with E-state index in [-0.39, 0.29) is 5.75 Å². The maximum absolute atomic E-state index is 12.3. The van der Waals surface area contributed by atoms with Gasteiger partial charge in [0, 0.05) is 18.7 Å². The summed E-state index contributed by atoms with van der Waals surface area (Å²) in [5.74, 6) is 0.228. The lowest BCUT2D eigenvalue weighted by atomic mass is 10.2. The number of benzene rings is 1. The first-order valence-electron chi connectivity index (χ1n) is 7.11. The molecule has 0 bridgehead atoms. The summed E-state index contributed by atoms with van der Waals surface area (Å²) in [6, 6.07) is 6.83. The molecule has 1 aromatic carbocycles. The van der Waals surface area contributed by atoms with Crippen LogP contribution in [0.4, 0.5) is 8.78 Å². The van der Waals surface area contributed by atoms with Crippen molar-refractivity contribution < 1.29 is 18.3 Å². The molecule has 0 radical (unpaired) electrons. The molecule has 1 N–H and O–H groups in total. The van der Waals surface area contributed by atoms with Crippen molar-refractivity contribution in [1.29, 1.82) is 0 Å². The normalized spacial score (nSPS) is 15.9. The van der Waals surface area contributed by atoms with E-state index >= 15 is 0 Å². The molecule has 0 spiro atoms. The molecule has 1 fully saturated rings. The summed E-state index contributed by atoms with van der Waals surface area (Å²) in [6.45, 7) is -0.930. The van der Waals surface area contributed by atoms with Crippen LogP contribution in [-0.4, -0.2) is 25.9 Å². The third kappa shape index (κ3) is 5.06. The summed E-state index contributed by atoms with van der Waals surface area (Å²) < 4.78 is 34.7. The molecule has 0 atom stereocenters. The minimum Gasteiger partial charge on any atom is -0.434 e. The molecular weight excluding hydrogens is 264 g/mol. The van der Waals surface area contributed by atoms with E-state index in [1.807, 2.05) is 6.07 Å². The van der Waals surface area contributed by atoms with Crippen molar-refractivity contribution in [1.82, 2.24) is 5.32 Å². The Morgan fingerprint density at radius 2 is 1.95 bits per heavy atom. The Kier molecular flexibility index (Phi) is 6.21. The van der Waals surface area contributed by atoms with Gasteiger partial charge in [0.2, 0.25) is 0 Å². The Morgan fingerprint density at radius 3 is 2.70 bits per heavy atom. The van der Waals surface area contributed by atoms with Crippen molar-refractivity contribution in [2.75, 3.05) is 13.2 Å². The third-order valence-electron chi connectivity index (χ3n) is 3.44. The molecule has 0 aliphatic heterocycles. The first-order valence-corrected chi connectivity index (χ1v) is 7.11. The Balaban J connectivity index is 1.67. The predicted molar refractivity (Wildman–Crippen MR) is 73.0 cm³/mol. The molecule has 0 aromatic heterocycles. The van der Waals surface area contributed by atoms with E-state index in [4.69, 9.17) is 4.74 Å². The fourth-order valence-electron chi connectivity index (χ4n) is 2.44. The summed E-state index contributed by atoms with van der Waals surface area (Å²) in [6.07, 6.45) is 5.24. The van der Waals surface area contributed by atoms with Crippen molar-refractivity contribution in [2.24, 2.45) is 0 Å². The zero-order valence-electron chi connectivity index (χ0n) is 11.5. The van der Waals surface area contributed by atoms with E-state index in [1.165, 1.54) is 12.8 Å². The van der Waals surface area contributed by atoms with E-state index in [1.54, 1.807) is 18.2 Å². The molecule has 1 aliphatic carbocycles. The predicted octanol–water partition coefficient (Wildman–Crippen LogP) is 3.34. The third-order valence-corrected chi connectivity index (χ3v) is 3.44. The van der Waals surface area contributed by atoms with Gasteiger partial charge < -0.3 is 14.8 Å². The number of hydrogen-bond acceptors (Lipinski definition) is 3. The minimum atomic E-state index is -2.79. The van der Waals surface area contributed by atoms with E-state index < -0.39 is 6.61 Å². The highest BCUT2D eigenvalue weighted by Gasteiger charge is 2.14. The van der Waals surface area contributed by atoms with Crippen molar-refractivity contribution in [2.45, 2.75) is 44.9 Å². The molecule has 0 saturated heterocycles. The highest BCUT2D eigenvalue weighted by Crippen LogP contribution is 2.21. The van der Waals surface area contributed by atoms with Crippen LogP contribution < -0.4 is 10.1 Å². The molecular formula is C15H21F2NO2. The molecule has 1 aromatic rings. The van der Waals surface area contributed by atoms with Crippen LogP contribution in [0, 0.1) is 0 Å². The van der Waals surface area contributed by atoms with Gasteiger partial charge in [0.15, 0.2) is 0 Å². The molecule has 2 rings (SSSR count). The summed E-state index contributed by atoms with van der Waals surface area (Å²) in [7, 11) is 0. The summed E-state index contributed by atoms with van der Waals surface area (Å²) in [5.41, 5.74) is 0.730. The van der Waals surface area contributed by atoms with Crippen LogP contribution in [0.3, 0.4) is 0 Å². The van der Waals surface area contributed by atoms with E-state index in [0.29, 0.717) is 25.8 Å². The summed E-state index contributed by atoms with van der Waals surface area (Å²) in [4.78, 5) is 0. The number of para-hydroxylation sites is 1. The number of nitrogens with one attached hydrogen (secondary N) is 1. The topological polar surface area (TPSA) is 30.5 Å². The standard InChI is InChI=1S/C15H21F2NO2/c16-15(17)20-14-8-4-1-5-12(14)11-18-9-10-19-13-6-2-3-7-13/h1,4-5,8,13,15,18H,2-3,6-7,9-11H2. The number of rotatable bonds is 8. The van der Waals surface area contributed by atoms with Crippen LogP contribution in [0.25, 0.3) is 0 Å². The summed E-state index contributed by atoms with van der Waals surface area (Å²) in [5, 5.41) is 3.19. The molecule has 5 heteroatoms. The van der Waals surface area contributed by atoms with Crippen molar-refractivity contribution in [3.63, 3.8) is 0 Å². The highest BCUT2D eigenvalue weighted by atomic mass is 19.3. The number of hydrogen-bond donors (Lipinski definition) is 1. The SMILES string of the molecule is FC(F)Oc1ccccc1CNCCOC1CCCC1. The van der Waals surface area contributed by atoms with Gasteiger partial charge in [-0.15, -0.1) is 0 Å². The molecule has 112 valence electrons. The van der Waals surface area contributed by atoms with Gasteiger partial charge in [0.1, 0.15) is 5.75 Å². The van der Waals surface area contributed by atoms with Crippen LogP contribution in [0.15, 0.2) is 24.3 Å². The molecule has 0 amide bonds. The van der Waals surface area contributed by atoms with Crippen LogP contribution in [0.2, 0.25) is 0 Å². The second-order valence-electron chi connectivity index (χ2n) is 4.94. The van der Waals surface area contributed by atoms with Gasteiger partial charge >= 0.3 is 6.61 Å². The molecule has 1 saturated carbocycles. The zero-order chi connectivity index (χ0) is 14.2. The Hall–Kier alpha value is -1.20.